The Morgan fingerprint density at radius 2 is 2.05 bits per heavy atom. The molecule has 106 valence electrons. The number of nitrogen functional groups attached to an aromatic ring is 1. The van der Waals surface area contributed by atoms with Crippen molar-refractivity contribution in [1.29, 1.82) is 0 Å². The van der Waals surface area contributed by atoms with Crippen LogP contribution in [0.4, 0.5) is 5.82 Å². The van der Waals surface area contributed by atoms with Gasteiger partial charge in [-0.2, -0.15) is 0 Å². The minimum atomic E-state index is -0.164. The van der Waals surface area contributed by atoms with Gasteiger partial charge in [-0.25, -0.2) is 4.98 Å². The molecule has 7 heteroatoms. The van der Waals surface area contributed by atoms with Gasteiger partial charge >= 0.3 is 0 Å². The molecular formula is C13H14Cl2N4S. The molecule has 0 amide bonds. The van der Waals surface area contributed by atoms with Gasteiger partial charge < -0.3 is 5.73 Å². The molecule has 20 heavy (non-hydrogen) atoms. The largest absolute Gasteiger partial charge is 0.383 e. The van der Waals surface area contributed by atoms with Crippen LogP contribution in [0.15, 0.2) is 41.4 Å². The highest BCUT2D eigenvalue weighted by Gasteiger charge is 2.15. The normalized spacial score (nSPS) is 12.3. The summed E-state index contributed by atoms with van der Waals surface area (Å²) in [5, 5.41) is 1.24. The van der Waals surface area contributed by atoms with Gasteiger partial charge in [-0.3, -0.25) is 11.3 Å². The molecule has 0 spiro atoms. The van der Waals surface area contributed by atoms with Crippen molar-refractivity contribution < 1.29 is 0 Å². The van der Waals surface area contributed by atoms with Gasteiger partial charge in [-0.1, -0.05) is 35.3 Å². The summed E-state index contributed by atoms with van der Waals surface area (Å²) in [6.45, 7) is 0. The SMILES string of the molecule is NNC(CSc1ccccc1Cl)c1cc(Cl)cnc1N. The number of anilines is 1. The Hall–Kier alpha value is -0.980. The van der Waals surface area contributed by atoms with Crippen LogP contribution in [-0.2, 0) is 0 Å². The van der Waals surface area contributed by atoms with Crippen LogP contribution >= 0.6 is 35.0 Å². The predicted octanol–water partition coefficient (Wildman–Crippen LogP) is 3.27. The van der Waals surface area contributed by atoms with Crippen LogP contribution in [0.3, 0.4) is 0 Å². The van der Waals surface area contributed by atoms with Crippen LogP contribution in [0.5, 0.6) is 0 Å². The zero-order valence-electron chi connectivity index (χ0n) is 10.5. The van der Waals surface area contributed by atoms with E-state index in [1.165, 1.54) is 6.20 Å². The molecule has 1 atom stereocenters. The summed E-state index contributed by atoms with van der Waals surface area (Å²) in [6, 6.07) is 9.24. The first-order valence-electron chi connectivity index (χ1n) is 5.86. The summed E-state index contributed by atoms with van der Waals surface area (Å²) in [5.41, 5.74) is 9.38. The predicted molar refractivity (Wildman–Crippen MR) is 85.9 cm³/mol. The van der Waals surface area contributed by atoms with Gasteiger partial charge in [0, 0.05) is 22.4 Å². The van der Waals surface area contributed by atoms with E-state index in [2.05, 4.69) is 10.4 Å². The number of benzene rings is 1. The van der Waals surface area contributed by atoms with Gasteiger partial charge in [-0.05, 0) is 18.2 Å². The zero-order chi connectivity index (χ0) is 14.5. The highest BCUT2D eigenvalue weighted by Crippen LogP contribution is 2.31. The molecule has 0 aliphatic carbocycles. The van der Waals surface area contributed by atoms with Gasteiger partial charge in [0.25, 0.3) is 0 Å². The smallest absolute Gasteiger partial charge is 0.128 e. The third-order valence-electron chi connectivity index (χ3n) is 2.73. The summed E-state index contributed by atoms with van der Waals surface area (Å²) < 4.78 is 0. The number of pyridine rings is 1. The first-order valence-corrected chi connectivity index (χ1v) is 7.60. The Balaban J connectivity index is 2.13. The number of nitrogens with zero attached hydrogens (tertiary/aromatic N) is 1. The van der Waals surface area contributed by atoms with Gasteiger partial charge in [0.05, 0.1) is 16.1 Å². The minimum Gasteiger partial charge on any atom is -0.383 e. The maximum absolute atomic E-state index is 6.12. The molecule has 0 fully saturated rings. The molecule has 0 bridgehead atoms. The van der Waals surface area contributed by atoms with E-state index in [0.29, 0.717) is 21.6 Å². The Morgan fingerprint density at radius 3 is 2.75 bits per heavy atom. The summed E-state index contributed by atoms with van der Waals surface area (Å²) in [7, 11) is 0. The highest BCUT2D eigenvalue weighted by molar-refractivity contribution is 7.99. The molecule has 1 aromatic carbocycles. The topological polar surface area (TPSA) is 77.0 Å². The van der Waals surface area contributed by atoms with E-state index in [0.717, 1.165) is 10.5 Å². The molecule has 2 rings (SSSR count). The van der Waals surface area contributed by atoms with Gasteiger partial charge in [0.1, 0.15) is 5.82 Å². The fourth-order valence-corrected chi connectivity index (χ4v) is 3.18. The molecule has 0 saturated carbocycles. The average Bonchev–Trinajstić information content (AvgIpc) is 2.45. The number of halogens is 2. The molecule has 2 aromatic rings. The number of hydrogen-bond acceptors (Lipinski definition) is 5. The van der Waals surface area contributed by atoms with E-state index < -0.39 is 0 Å². The number of hydrogen-bond donors (Lipinski definition) is 3. The lowest BCUT2D eigenvalue weighted by molar-refractivity contribution is 0.611. The molecule has 1 aromatic heterocycles. The Labute approximate surface area is 131 Å². The second kappa shape index (κ2) is 7.15. The number of nitrogens with two attached hydrogens (primary N) is 2. The lowest BCUT2D eigenvalue weighted by atomic mass is 10.1. The molecule has 0 aliphatic rings. The maximum Gasteiger partial charge on any atom is 0.128 e. The molecule has 0 radical (unpaired) electrons. The van der Waals surface area contributed by atoms with E-state index >= 15 is 0 Å². The monoisotopic (exact) mass is 328 g/mol. The van der Waals surface area contributed by atoms with Crippen LogP contribution in [0.1, 0.15) is 11.6 Å². The van der Waals surface area contributed by atoms with E-state index in [-0.39, 0.29) is 6.04 Å². The molecule has 1 heterocycles. The first kappa shape index (κ1) is 15.4. The van der Waals surface area contributed by atoms with Crippen molar-refractivity contribution in [3.05, 3.63) is 52.1 Å². The van der Waals surface area contributed by atoms with Crippen molar-refractivity contribution >= 4 is 40.8 Å². The summed E-state index contributed by atoms with van der Waals surface area (Å²) in [5.74, 6) is 6.68. The van der Waals surface area contributed by atoms with Crippen molar-refractivity contribution in [3.63, 3.8) is 0 Å². The van der Waals surface area contributed by atoms with Gasteiger partial charge in [0.2, 0.25) is 0 Å². The lowest BCUT2D eigenvalue weighted by Gasteiger charge is -2.17. The standard InChI is InChI=1S/C13H14Cl2N4S/c14-8-5-9(13(16)18-6-8)11(19-17)7-20-12-4-2-1-3-10(12)15/h1-6,11,19H,7,17H2,(H2,16,18). The van der Waals surface area contributed by atoms with E-state index in [9.17, 15) is 0 Å². The number of rotatable bonds is 5. The number of thioether (sulfide) groups is 1. The molecule has 5 N–H and O–H groups in total. The number of hydrazine groups is 1. The molecule has 0 aliphatic heterocycles. The number of aromatic nitrogens is 1. The van der Waals surface area contributed by atoms with Crippen molar-refractivity contribution in [2.24, 2.45) is 5.84 Å². The van der Waals surface area contributed by atoms with Crippen molar-refractivity contribution in [2.75, 3.05) is 11.5 Å². The Kier molecular flexibility index (Phi) is 5.51. The quantitative estimate of drug-likeness (QED) is 0.446. The summed E-state index contributed by atoms with van der Waals surface area (Å²) >= 11 is 13.7. The zero-order valence-corrected chi connectivity index (χ0v) is 12.8. The first-order chi connectivity index (χ1) is 9.61. The van der Waals surface area contributed by atoms with Crippen molar-refractivity contribution in [3.8, 4) is 0 Å². The van der Waals surface area contributed by atoms with E-state index in [1.807, 2.05) is 24.3 Å². The third-order valence-corrected chi connectivity index (χ3v) is 4.55. The Bertz CT molecular complexity index is 594. The lowest BCUT2D eigenvalue weighted by Crippen LogP contribution is -2.30. The van der Waals surface area contributed by atoms with Crippen LogP contribution in [0.2, 0.25) is 10.0 Å². The minimum absolute atomic E-state index is 0.164. The second-order valence-electron chi connectivity index (χ2n) is 4.09. The fraction of sp³-hybridized carbons (Fsp3) is 0.154. The average molecular weight is 329 g/mol. The highest BCUT2D eigenvalue weighted by atomic mass is 35.5. The second-order valence-corrected chi connectivity index (χ2v) is 5.99. The molecule has 1 unspecified atom stereocenters. The fourth-order valence-electron chi connectivity index (χ4n) is 1.71. The van der Waals surface area contributed by atoms with Crippen LogP contribution < -0.4 is 17.0 Å². The maximum atomic E-state index is 6.12. The summed E-state index contributed by atoms with van der Waals surface area (Å²) in [4.78, 5) is 5.02. The van der Waals surface area contributed by atoms with E-state index in [4.69, 9.17) is 34.8 Å². The molecule has 4 nitrogen and oxygen atoms in total. The van der Waals surface area contributed by atoms with Crippen LogP contribution in [0.25, 0.3) is 0 Å². The number of nitrogens with one attached hydrogen (secondary N) is 1. The van der Waals surface area contributed by atoms with Crippen LogP contribution in [0, 0.1) is 0 Å². The van der Waals surface area contributed by atoms with Crippen molar-refractivity contribution in [1.82, 2.24) is 10.4 Å². The Morgan fingerprint density at radius 1 is 1.30 bits per heavy atom. The van der Waals surface area contributed by atoms with E-state index in [1.54, 1.807) is 17.8 Å². The molecule has 0 saturated heterocycles. The third kappa shape index (κ3) is 3.77. The molecular weight excluding hydrogens is 315 g/mol. The van der Waals surface area contributed by atoms with Gasteiger partial charge in [0.15, 0.2) is 0 Å². The van der Waals surface area contributed by atoms with Crippen LogP contribution in [-0.4, -0.2) is 10.7 Å². The van der Waals surface area contributed by atoms with Crippen molar-refractivity contribution in [2.45, 2.75) is 10.9 Å². The van der Waals surface area contributed by atoms with Gasteiger partial charge in [-0.15, -0.1) is 11.8 Å². The summed E-state index contributed by atoms with van der Waals surface area (Å²) in [6.07, 6.45) is 1.51.